The van der Waals surface area contributed by atoms with Crippen molar-refractivity contribution in [1.82, 2.24) is 14.5 Å². The Hall–Kier alpha value is -2.66. The first kappa shape index (κ1) is 14.3. The summed E-state index contributed by atoms with van der Waals surface area (Å²) in [5.41, 5.74) is 2.04. The first-order chi connectivity index (χ1) is 10.6. The van der Waals surface area contributed by atoms with Crippen molar-refractivity contribution in [2.24, 2.45) is 0 Å². The third-order valence-corrected chi connectivity index (χ3v) is 3.70. The zero-order valence-electron chi connectivity index (χ0n) is 11.8. The molecule has 5 nitrogen and oxygen atoms in total. The van der Waals surface area contributed by atoms with E-state index in [1.165, 1.54) is 0 Å². The molecule has 1 amide bonds. The Bertz CT molecular complexity index is 815. The molecule has 6 heteroatoms. The molecule has 0 aliphatic carbocycles. The Morgan fingerprint density at radius 1 is 1.27 bits per heavy atom. The van der Waals surface area contributed by atoms with Gasteiger partial charge in [0.2, 0.25) is 0 Å². The highest BCUT2D eigenvalue weighted by Crippen LogP contribution is 2.23. The molecule has 0 fully saturated rings. The van der Waals surface area contributed by atoms with Gasteiger partial charge in [-0.1, -0.05) is 17.7 Å². The zero-order chi connectivity index (χ0) is 15.5. The maximum atomic E-state index is 12.4. The van der Waals surface area contributed by atoms with Crippen LogP contribution in [0.3, 0.4) is 0 Å². The number of imidazole rings is 1. The molecule has 3 rings (SSSR count). The number of aromatic nitrogens is 3. The van der Waals surface area contributed by atoms with Crippen molar-refractivity contribution in [2.75, 3.05) is 5.32 Å². The van der Waals surface area contributed by atoms with E-state index in [2.05, 4.69) is 15.3 Å². The van der Waals surface area contributed by atoms with Crippen LogP contribution in [-0.4, -0.2) is 20.4 Å². The number of nitrogens with zero attached hydrogens (tertiary/aromatic N) is 3. The molecule has 0 bridgehead atoms. The quantitative estimate of drug-likeness (QED) is 0.805. The third-order valence-electron chi connectivity index (χ3n) is 3.29. The molecular weight excluding hydrogens is 300 g/mol. The predicted octanol–water partition coefficient (Wildman–Crippen LogP) is 3.48. The van der Waals surface area contributed by atoms with Crippen molar-refractivity contribution in [3.63, 3.8) is 0 Å². The van der Waals surface area contributed by atoms with Gasteiger partial charge in [-0.25, -0.2) is 9.97 Å². The second kappa shape index (κ2) is 5.99. The summed E-state index contributed by atoms with van der Waals surface area (Å²) in [7, 11) is 0. The van der Waals surface area contributed by atoms with Gasteiger partial charge in [-0.2, -0.15) is 0 Å². The molecule has 3 aromatic rings. The first-order valence-corrected chi connectivity index (χ1v) is 7.04. The van der Waals surface area contributed by atoms with Crippen molar-refractivity contribution in [1.29, 1.82) is 0 Å². The normalized spacial score (nSPS) is 10.5. The van der Waals surface area contributed by atoms with Gasteiger partial charge in [-0.05, 0) is 36.8 Å². The highest BCUT2D eigenvalue weighted by Gasteiger charge is 2.10. The summed E-state index contributed by atoms with van der Waals surface area (Å²) in [5, 5.41) is 3.48. The molecule has 2 heterocycles. The monoisotopic (exact) mass is 312 g/mol. The number of pyridine rings is 1. The van der Waals surface area contributed by atoms with Gasteiger partial charge in [0, 0.05) is 34.9 Å². The first-order valence-electron chi connectivity index (χ1n) is 6.66. The molecule has 0 spiro atoms. The number of halogens is 1. The van der Waals surface area contributed by atoms with Crippen LogP contribution in [0.25, 0.3) is 5.82 Å². The Kier molecular flexibility index (Phi) is 3.89. The molecule has 1 aromatic carbocycles. The number of benzene rings is 1. The average molecular weight is 313 g/mol. The topological polar surface area (TPSA) is 59.8 Å². The summed E-state index contributed by atoms with van der Waals surface area (Å²) in [6.07, 6.45) is 6.65. The van der Waals surface area contributed by atoms with Crippen LogP contribution in [0.15, 0.2) is 55.2 Å². The van der Waals surface area contributed by atoms with E-state index in [0.717, 1.165) is 5.56 Å². The summed E-state index contributed by atoms with van der Waals surface area (Å²) in [6, 6.07) is 8.77. The van der Waals surface area contributed by atoms with E-state index in [-0.39, 0.29) is 5.91 Å². The molecule has 0 unspecified atom stereocenters. The number of rotatable bonds is 3. The third kappa shape index (κ3) is 2.84. The Morgan fingerprint density at radius 3 is 2.91 bits per heavy atom. The van der Waals surface area contributed by atoms with E-state index in [1.807, 2.05) is 13.0 Å². The Morgan fingerprint density at radius 2 is 2.14 bits per heavy atom. The van der Waals surface area contributed by atoms with Gasteiger partial charge < -0.3 is 5.32 Å². The van der Waals surface area contributed by atoms with E-state index >= 15 is 0 Å². The number of carbonyl (C=O) groups excluding carboxylic acids is 1. The standard InChI is InChI=1S/C16H13ClN4O/c1-11-13(17)3-2-4-14(11)20-16(22)12-5-6-19-15(9-12)21-8-7-18-10-21/h2-10H,1H3,(H,20,22). The summed E-state index contributed by atoms with van der Waals surface area (Å²) in [5.74, 6) is 0.419. The van der Waals surface area contributed by atoms with Crippen LogP contribution in [0.2, 0.25) is 5.02 Å². The molecule has 2 aromatic heterocycles. The number of carbonyl (C=O) groups is 1. The van der Waals surface area contributed by atoms with Crippen molar-refractivity contribution >= 4 is 23.2 Å². The maximum Gasteiger partial charge on any atom is 0.255 e. The Labute approximate surface area is 132 Å². The second-order valence-corrected chi connectivity index (χ2v) is 5.15. The minimum Gasteiger partial charge on any atom is -0.322 e. The van der Waals surface area contributed by atoms with Gasteiger partial charge in [-0.3, -0.25) is 9.36 Å². The molecule has 1 N–H and O–H groups in total. The molecule has 0 aliphatic heterocycles. The summed E-state index contributed by atoms with van der Waals surface area (Å²) in [6.45, 7) is 1.86. The van der Waals surface area contributed by atoms with Crippen molar-refractivity contribution in [3.05, 3.63) is 71.4 Å². The molecule has 0 radical (unpaired) electrons. The fourth-order valence-electron chi connectivity index (χ4n) is 2.03. The van der Waals surface area contributed by atoms with Crippen LogP contribution in [0, 0.1) is 6.92 Å². The van der Waals surface area contributed by atoms with Gasteiger partial charge in [-0.15, -0.1) is 0 Å². The van der Waals surface area contributed by atoms with Crippen LogP contribution >= 0.6 is 11.6 Å². The lowest BCUT2D eigenvalue weighted by atomic mass is 10.2. The average Bonchev–Trinajstić information content (AvgIpc) is 3.06. The number of anilines is 1. The fourth-order valence-corrected chi connectivity index (χ4v) is 2.21. The number of hydrogen-bond acceptors (Lipinski definition) is 3. The highest BCUT2D eigenvalue weighted by atomic mass is 35.5. The van der Waals surface area contributed by atoms with Crippen molar-refractivity contribution in [3.8, 4) is 5.82 Å². The molecule has 0 aliphatic rings. The smallest absolute Gasteiger partial charge is 0.255 e. The summed E-state index contributed by atoms with van der Waals surface area (Å²) in [4.78, 5) is 20.6. The molecule has 0 saturated heterocycles. The number of amides is 1. The lowest BCUT2D eigenvalue weighted by Crippen LogP contribution is -2.13. The van der Waals surface area contributed by atoms with E-state index in [9.17, 15) is 4.79 Å². The summed E-state index contributed by atoms with van der Waals surface area (Å²) < 4.78 is 1.74. The van der Waals surface area contributed by atoms with Crippen molar-refractivity contribution in [2.45, 2.75) is 6.92 Å². The number of nitrogens with one attached hydrogen (secondary N) is 1. The van der Waals surface area contributed by atoms with Crippen LogP contribution in [0.1, 0.15) is 15.9 Å². The molecule has 110 valence electrons. The molecule has 0 saturated carbocycles. The molecule has 0 atom stereocenters. The van der Waals surface area contributed by atoms with Gasteiger partial charge in [0.05, 0.1) is 0 Å². The SMILES string of the molecule is Cc1c(Cl)cccc1NC(=O)c1ccnc(-n2ccnc2)c1. The van der Waals surface area contributed by atoms with Gasteiger partial charge >= 0.3 is 0 Å². The van der Waals surface area contributed by atoms with E-state index < -0.39 is 0 Å². The fraction of sp³-hybridized carbons (Fsp3) is 0.0625. The largest absolute Gasteiger partial charge is 0.322 e. The summed E-state index contributed by atoms with van der Waals surface area (Å²) >= 11 is 6.06. The number of hydrogen-bond donors (Lipinski definition) is 1. The van der Waals surface area contributed by atoms with E-state index in [0.29, 0.717) is 22.1 Å². The van der Waals surface area contributed by atoms with Crippen LogP contribution in [-0.2, 0) is 0 Å². The second-order valence-electron chi connectivity index (χ2n) is 4.74. The lowest BCUT2D eigenvalue weighted by Gasteiger charge is -2.10. The van der Waals surface area contributed by atoms with E-state index in [1.54, 1.807) is 53.8 Å². The maximum absolute atomic E-state index is 12.4. The van der Waals surface area contributed by atoms with Gasteiger partial charge in [0.1, 0.15) is 12.1 Å². The van der Waals surface area contributed by atoms with Crippen molar-refractivity contribution < 1.29 is 4.79 Å². The highest BCUT2D eigenvalue weighted by molar-refractivity contribution is 6.31. The van der Waals surface area contributed by atoms with Crippen LogP contribution in [0.5, 0.6) is 0 Å². The minimum absolute atomic E-state index is 0.214. The lowest BCUT2D eigenvalue weighted by molar-refractivity contribution is 0.102. The minimum atomic E-state index is -0.214. The van der Waals surface area contributed by atoms with Crippen LogP contribution in [0.4, 0.5) is 5.69 Å². The predicted molar refractivity (Wildman–Crippen MR) is 85.5 cm³/mol. The molecular formula is C16H13ClN4O. The van der Waals surface area contributed by atoms with Gasteiger partial charge in [0.15, 0.2) is 0 Å². The Balaban J connectivity index is 1.87. The van der Waals surface area contributed by atoms with Crippen LogP contribution < -0.4 is 5.32 Å². The van der Waals surface area contributed by atoms with Gasteiger partial charge in [0.25, 0.3) is 5.91 Å². The zero-order valence-corrected chi connectivity index (χ0v) is 12.6. The molecule has 22 heavy (non-hydrogen) atoms. The van der Waals surface area contributed by atoms with E-state index in [4.69, 9.17) is 11.6 Å².